The summed E-state index contributed by atoms with van der Waals surface area (Å²) in [5.74, 6) is -0.503. The molecule has 0 N–H and O–H groups in total. The van der Waals surface area contributed by atoms with Crippen LogP contribution in [-0.2, 0) is 4.74 Å². The summed E-state index contributed by atoms with van der Waals surface area (Å²) in [6, 6.07) is 1.30. The molecule has 4 heteroatoms. The Morgan fingerprint density at radius 1 is 1.67 bits per heavy atom. The van der Waals surface area contributed by atoms with Gasteiger partial charge in [0.05, 0.1) is 13.4 Å². The van der Waals surface area contributed by atoms with Gasteiger partial charge in [-0.25, -0.2) is 4.98 Å². The predicted octanol–water partition coefficient (Wildman–Crippen LogP) is 2.60. The zero-order chi connectivity index (χ0) is 8.97. The molecule has 0 saturated carbocycles. The molecule has 0 aliphatic rings. The van der Waals surface area contributed by atoms with Gasteiger partial charge in [-0.05, 0) is 22.0 Å². The van der Waals surface area contributed by atoms with Crippen LogP contribution in [0.5, 0.6) is 0 Å². The van der Waals surface area contributed by atoms with Crippen LogP contribution in [-0.4, -0.2) is 12.1 Å². The molecule has 0 aromatic carbocycles. The van der Waals surface area contributed by atoms with Crippen LogP contribution < -0.4 is 0 Å². The Bertz CT molecular complexity index is 301. The highest BCUT2D eigenvalue weighted by atomic mass is 79.9. The molecular weight excluding hydrogens is 225 g/mol. The average molecular weight is 232 g/mol. The van der Waals surface area contributed by atoms with Gasteiger partial charge < -0.3 is 4.74 Å². The Labute approximate surface area is 78.2 Å². The summed E-state index contributed by atoms with van der Waals surface area (Å²) in [6.07, 6.45) is 4.62. The van der Waals surface area contributed by atoms with Gasteiger partial charge in [0.2, 0.25) is 5.95 Å². The molecule has 64 valence electrons. The lowest BCUT2D eigenvalue weighted by molar-refractivity contribution is 0.341. The molecule has 0 atom stereocenters. The van der Waals surface area contributed by atoms with E-state index in [0.717, 1.165) is 5.56 Å². The van der Waals surface area contributed by atoms with E-state index in [4.69, 9.17) is 4.74 Å². The Morgan fingerprint density at radius 2 is 2.42 bits per heavy atom. The standard InChI is InChI=1S/C8H7BrFNO/c1-12-3-2-6-5-11-8(10)4-7(6)9/h2-5H,1H3. The van der Waals surface area contributed by atoms with E-state index in [1.165, 1.54) is 18.5 Å². The molecule has 0 fully saturated rings. The summed E-state index contributed by atoms with van der Waals surface area (Å²) in [5.41, 5.74) is 0.776. The number of hydrogen-bond donors (Lipinski definition) is 0. The van der Waals surface area contributed by atoms with Crippen LogP contribution in [0.1, 0.15) is 5.56 Å². The van der Waals surface area contributed by atoms with Crippen molar-refractivity contribution in [2.45, 2.75) is 0 Å². The van der Waals surface area contributed by atoms with E-state index in [2.05, 4.69) is 20.9 Å². The normalized spacial score (nSPS) is 10.6. The van der Waals surface area contributed by atoms with Crippen LogP contribution in [0.25, 0.3) is 6.08 Å². The average Bonchev–Trinajstić information content (AvgIpc) is 2.03. The lowest BCUT2D eigenvalue weighted by atomic mass is 10.3. The van der Waals surface area contributed by atoms with Crippen molar-refractivity contribution in [1.82, 2.24) is 4.98 Å². The van der Waals surface area contributed by atoms with Crippen LogP contribution >= 0.6 is 15.9 Å². The maximum absolute atomic E-state index is 12.5. The zero-order valence-electron chi connectivity index (χ0n) is 6.42. The van der Waals surface area contributed by atoms with Gasteiger partial charge in [-0.15, -0.1) is 0 Å². The first-order valence-electron chi connectivity index (χ1n) is 3.24. The van der Waals surface area contributed by atoms with Crippen molar-refractivity contribution in [3.05, 3.63) is 34.5 Å². The number of rotatable bonds is 2. The monoisotopic (exact) mass is 231 g/mol. The van der Waals surface area contributed by atoms with Gasteiger partial charge in [-0.1, -0.05) is 0 Å². The molecule has 1 rings (SSSR count). The predicted molar refractivity (Wildman–Crippen MR) is 47.9 cm³/mol. The number of pyridine rings is 1. The minimum atomic E-state index is -0.503. The van der Waals surface area contributed by atoms with E-state index in [1.807, 2.05) is 0 Å². The summed E-state index contributed by atoms with van der Waals surface area (Å²) in [6.45, 7) is 0. The molecule has 1 aromatic rings. The van der Waals surface area contributed by atoms with Crippen LogP contribution in [0, 0.1) is 5.95 Å². The first kappa shape index (κ1) is 9.19. The molecule has 0 radical (unpaired) electrons. The second kappa shape index (κ2) is 4.21. The highest BCUT2D eigenvalue weighted by Crippen LogP contribution is 2.17. The first-order chi connectivity index (χ1) is 5.74. The van der Waals surface area contributed by atoms with Crippen LogP contribution in [0.2, 0.25) is 0 Å². The number of aromatic nitrogens is 1. The highest BCUT2D eigenvalue weighted by molar-refractivity contribution is 9.10. The largest absolute Gasteiger partial charge is 0.504 e. The summed E-state index contributed by atoms with van der Waals surface area (Å²) in [4.78, 5) is 3.49. The summed E-state index contributed by atoms with van der Waals surface area (Å²) < 4.78 is 17.8. The van der Waals surface area contributed by atoms with Crippen LogP contribution in [0.15, 0.2) is 23.0 Å². The van der Waals surface area contributed by atoms with Gasteiger partial charge in [0.15, 0.2) is 0 Å². The zero-order valence-corrected chi connectivity index (χ0v) is 8.01. The molecule has 0 bridgehead atoms. The van der Waals surface area contributed by atoms with Crippen molar-refractivity contribution in [3.8, 4) is 0 Å². The van der Waals surface area contributed by atoms with Gasteiger partial charge in [0.1, 0.15) is 0 Å². The Balaban J connectivity index is 2.94. The lowest BCUT2D eigenvalue weighted by Crippen LogP contribution is -1.84. The second-order valence-corrected chi connectivity index (χ2v) is 2.92. The lowest BCUT2D eigenvalue weighted by Gasteiger charge is -1.96. The van der Waals surface area contributed by atoms with Gasteiger partial charge in [0, 0.05) is 22.3 Å². The van der Waals surface area contributed by atoms with Crippen molar-refractivity contribution in [1.29, 1.82) is 0 Å². The third-order valence-corrected chi connectivity index (χ3v) is 1.92. The molecular formula is C8H7BrFNO. The number of hydrogen-bond acceptors (Lipinski definition) is 2. The molecule has 2 nitrogen and oxygen atoms in total. The molecule has 0 saturated heterocycles. The fourth-order valence-electron chi connectivity index (χ4n) is 0.682. The Hall–Kier alpha value is -0.900. The van der Waals surface area contributed by atoms with E-state index >= 15 is 0 Å². The topological polar surface area (TPSA) is 22.1 Å². The molecule has 0 amide bonds. The van der Waals surface area contributed by atoms with Crippen LogP contribution in [0.3, 0.4) is 0 Å². The molecule has 0 aliphatic heterocycles. The van der Waals surface area contributed by atoms with Gasteiger partial charge >= 0.3 is 0 Å². The number of methoxy groups -OCH3 is 1. The Morgan fingerprint density at radius 3 is 3.00 bits per heavy atom. The number of nitrogens with zero attached hydrogens (tertiary/aromatic N) is 1. The van der Waals surface area contributed by atoms with Crippen LogP contribution in [0.4, 0.5) is 4.39 Å². The van der Waals surface area contributed by atoms with Crippen molar-refractivity contribution in [2.75, 3.05) is 7.11 Å². The fourth-order valence-corrected chi connectivity index (χ4v) is 1.11. The second-order valence-electron chi connectivity index (χ2n) is 2.07. The van der Waals surface area contributed by atoms with Crippen molar-refractivity contribution < 1.29 is 9.13 Å². The number of ether oxygens (including phenoxy) is 1. The maximum atomic E-state index is 12.5. The minimum absolute atomic E-state index is 0.503. The van der Waals surface area contributed by atoms with Crippen molar-refractivity contribution in [3.63, 3.8) is 0 Å². The minimum Gasteiger partial charge on any atom is -0.504 e. The molecule has 0 spiro atoms. The third kappa shape index (κ3) is 2.30. The molecule has 12 heavy (non-hydrogen) atoms. The summed E-state index contributed by atoms with van der Waals surface area (Å²) in [5, 5.41) is 0. The quantitative estimate of drug-likeness (QED) is 0.577. The molecule has 1 aromatic heterocycles. The Kier molecular flexibility index (Phi) is 3.22. The van der Waals surface area contributed by atoms with E-state index in [-0.39, 0.29) is 0 Å². The van der Waals surface area contributed by atoms with Gasteiger partial charge in [0.25, 0.3) is 0 Å². The molecule has 1 heterocycles. The van der Waals surface area contributed by atoms with Gasteiger partial charge in [-0.2, -0.15) is 4.39 Å². The summed E-state index contributed by atoms with van der Waals surface area (Å²) >= 11 is 3.19. The summed E-state index contributed by atoms with van der Waals surface area (Å²) in [7, 11) is 1.54. The molecule has 0 unspecified atom stereocenters. The molecule has 0 aliphatic carbocycles. The third-order valence-electron chi connectivity index (χ3n) is 1.23. The first-order valence-corrected chi connectivity index (χ1v) is 4.03. The van der Waals surface area contributed by atoms with Gasteiger partial charge in [-0.3, -0.25) is 0 Å². The maximum Gasteiger partial charge on any atom is 0.213 e. The highest BCUT2D eigenvalue weighted by Gasteiger charge is 1.98. The van der Waals surface area contributed by atoms with E-state index in [0.29, 0.717) is 4.47 Å². The van der Waals surface area contributed by atoms with E-state index < -0.39 is 5.95 Å². The van der Waals surface area contributed by atoms with Crippen molar-refractivity contribution >= 4 is 22.0 Å². The fraction of sp³-hybridized carbons (Fsp3) is 0.125. The van der Waals surface area contributed by atoms with E-state index in [1.54, 1.807) is 13.2 Å². The number of halogens is 2. The SMILES string of the molecule is COC=Cc1cnc(F)cc1Br. The van der Waals surface area contributed by atoms with E-state index in [9.17, 15) is 4.39 Å². The smallest absolute Gasteiger partial charge is 0.213 e. The van der Waals surface area contributed by atoms with Crippen molar-refractivity contribution in [2.24, 2.45) is 0 Å².